The van der Waals surface area contributed by atoms with Crippen LogP contribution in [0.15, 0.2) is 16.0 Å². The molecule has 20 heavy (non-hydrogen) atoms. The first kappa shape index (κ1) is 14.7. The summed E-state index contributed by atoms with van der Waals surface area (Å²) in [4.78, 5) is 16.6. The van der Waals surface area contributed by atoms with Crippen LogP contribution in [0, 0.1) is 12.8 Å². The number of carbonyl (C=O) groups excluding carboxylic acids is 1. The fraction of sp³-hybridized carbons (Fsp3) is 0.429. The summed E-state index contributed by atoms with van der Waals surface area (Å²) in [7, 11) is 1.36. The molecule has 1 unspecified atom stereocenters. The maximum atomic E-state index is 11.1. The topological polar surface area (TPSA) is 65.2 Å². The molecule has 0 saturated heterocycles. The molecule has 0 aromatic carbocycles. The molecule has 1 atom stereocenters. The third-order valence-corrected chi connectivity index (χ3v) is 3.66. The summed E-state index contributed by atoms with van der Waals surface area (Å²) in [6.45, 7) is 6.06. The van der Waals surface area contributed by atoms with Gasteiger partial charge in [0.25, 0.3) is 0 Å². The van der Waals surface area contributed by atoms with Gasteiger partial charge in [-0.2, -0.15) is 4.98 Å². The van der Waals surface area contributed by atoms with Crippen LogP contribution in [-0.2, 0) is 22.4 Å². The minimum Gasteiger partial charge on any atom is -0.469 e. The third kappa shape index (κ3) is 3.90. The van der Waals surface area contributed by atoms with Gasteiger partial charge in [-0.1, -0.05) is 19.0 Å². The summed E-state index contributed by atoms with van der Waals surface area (Å²) in [5.41, 5.74) is 0.943. The summed E-state index contributed by atoms with van der Waals surface area (Å²) < 4.78 is 9.70. The molecule has 2 aromatic rings. The number of nitrogens with zero attached hydrogens (tertiary/aromatic N) is 2. The fourth-order valence-electron chi connectivity index (χ4n) is 1.73. The van der Waals surface area contributed by atoms with E-state index in [1.54, 1.807) is 11.3 Å². The maximum absolute atomic E-state index is 11.1. The van der Waals surface area contributed by atoms with E-state index in [0.29, 0.717) is 24.1 Å². The summed E-state index contributed by atoms with van der Waals surface area (Å²) >= 11 is 1.67. The summed E-state index contributed by atoms with van der Waals surface area (Å²) in [5.74, 6) is 1.10. The Morgan fingerprint density at radius 1 is 1.60 bits per heavy atom. The van der Waals surface area contributed by atoms with Gasteiger partial charge in [0, 0.05) is 22.2 Å². The van der Waals surface area contributed by atoms with Gasteiger partial charge in [0.05, 0.1) is 13.5 Å². The summed E-state index contributed by atoms with van der Waals surface area (Å²) in [6, 6.07) is 2.06. The largest absolute Gasteiger partial charge is 0.469 e. The van der Waals surface area contributed by atoms with Crippen LogP contribution in [0.4, 0.5) is 0 Å². The van der Waals surface area contributed by atoms with Gasteiger partial charge in [0.2, 0.25) is 11.7 Å². The Hall–Kier alpha value is -1.69. The molecule has 5 nitrogen and oxygen atoms in total. The number of methoxy groups -OCH3 is 1. The van der Waals surface area contributed by atoms with E-state index in [2.05, 4.69) is 34.8 Å². The molecular weight excluding hydrogens is 276 g/mol. The van der Waals surface area contributed by atoms with E-state index < -0.39 is 0 Å². The lowest BCUT2D eigenvalue weighted by atomic mass is 10.1. The van der Waals surface area contributed by atoms with E-state index in [-0.39, 0.29) is 12.4 Å². The normalized spacial score (nSPS) is 11.0. The average molecular weight is 293 g/mol. The lowest BCUT2D eigenvalue weighted by Crippen LogP contribution is -2.01. The number of hydrogen-bond donors (Lipinski definition) is 0. The van der Waals surface area contributed by atoms with E-state index in [9.17, 15) is 4.79 Å². The van der Waals surface area contributed by atoms with Crippen molar-refractivity contribution < 1.29 is 14.1 Å². The van der Waals surface area contributed by atoms with Gasteiger partial charge in [0.1, 0.15) is 0 Å². The molecule has 0 aliphatic carbocycles. The molecule has 6 heteroatoms. The van der Waals surface area contributed by atoms with E-state index in [0.717, 1.165) is 12.0 Å². The van der Waals surface area contributed by atoms with Crippen LogP contribution < -0.4 is 0 Å². The minimum atomic E-state index is -0.285. The van der Waals surface area contributed by atoms with E-state index in [1.165, 1.54) is 12.0 Å². The van der Waals surface area contributed by atoms with Crippen molar-refractivity contribution in [2.45, 2.75) is 26.2 Å². The first-order valence-electron chi connectivity index (χ1n) is 6.38. The average Bonchev–Trinajstić information content (AvgIpc) is 3.03. The van der Waals surface area contributed by atoms with Crippen molar-refractivity contribution in [3.63, 3.8) is 0 Å². The van der Waals surface area contributed by atoms with Gasteiger partial charge in [-0.3, -0.25) is 4.79 Å². The van der Waals surface area contributed by atoms with E-state index >= 15 is 0 Å². The van der Waals surface area contributed by atoms with Crippen LogP contribution in [0.1, 0.15) is 24.1 Å². The molecule has 2 heterocycles. The monoisotopic (exact) mass is 293 g/mol. The highest BCUT2D eigenvalue weighted by Crippen LogP contribution is 2.25. The fourth-order valence-corrected chi connectivity index (χ4v) is 2.76. The number of ether oxygens (including phenoxy) is 1. The third-order valence-electron chi connectivity index (χ3n) is 2.70. The highest BCUT2D eigenvalue weighted by atomic mass is 32.1. The van der Waals surface area contributed by atoms with Crippen LogP contribution in [0.3, 0.4) is 0 Å². The molecule has 107 valence electrons. The second-order valence-electron chi connectivity index (χ2n) is 4.70. The molecule has 2 aromatic heterocycles. The quantitative estimate of drug-likeness (QED) is 0.766. The summed E-state index contributed by atoms with van der Waals surface area (Å²) in [6.07, 6.45) is 1.58. The van der Waals surface area contributed by atoms with Gasteiger partial charge in [-0.15, -0.1) is 11.3 Å². The number of aromatic nitrogens is 2. The van der Waals surface area contributed by atoms with Gasteiger partial charge in [-0.25, -0.2) is 0 Å². The molecule has 0 bridgehead atoms. The zero-order valence-electron chi connectivity index (χ0n) is 11.6. The molecule has 0 N–H and O–H groups in total. The van der Waals surface area contributed by atoms with E-state index in [4.69, 9.17) is 4.52 Å². The molecule has 1 radical (unpaired) electrons. The van der Waals surface area contributed by atoms with Gasteiger partial charge < -0.3 is 9.26 Å². The zero-order valence-corrected chi connectivity index (χ0v) is 12.4. The smallest absolute Gasteiger partial charge is 0.306 e. The molecule has 0 aliphatic rings. The molecular formula is C14H17N2O3S. The van der Waals surface area contributed by atoms with Crippen LogP contribution in [0.5, 0.6) is 0 Å². The first-order chi connectivity index (χ1) is 9.58. The Balaban J connectivity index is 2.01. The number of thiophene rings is 1. The predicted molar refractivity (Wildman–Crippen MR) is 76.2 cm³/mol. The minimum absolute atomic E-state index is 0.242. The lowest BCUT2D eigenvalue weighted by molar-refractivity contribution is -0.140. The van der Waals surface area contributed by atoms with Crippen molar-refractivity contribution in [1.82, 2.24) is 10.1 Å². The lowest BCUT2D eigenvalue weighted by Gasteiger charge is -1.98. The number of rotatable bonds is 6. The Morgan fingerprint density at radius 3 is 3.10 bits per heavy atom. The highest BCUT2D eigenvalue weighted by molar-refractivity contribution is 7.10. The molecule has 0 fully saturated rings. The SMILES string of the molecule is [CH2]C(C)Cc1cc(-c2noc(CCC(=O)OC)n2)cs1. The second-order valence-corrected chi connectivity index (χ2v) is 5.69. The molecule has 2 rings (SSSR count). The van der Waals surface area contributed by atoms with Crippen LogP contribution in [0.2, 0.25) is 0 Å². The van der Waals surface area contributed by atoms with Crippen molar-refractivity contribution in [2.24, 2.45) is 5.92 Å². The standard InChI is InChI=1S/C14H17N2O3S/c1-9(2)6-11-7-10(8-20-11)14-15-12(19-16-14)4-5-13(17)18-3/h7-9H,1,4-6H2,2-3H3. The molecule has 0 amide bonds. The molecule has 0 aliphatic heterocycles. The number of esters is 1. The highest BCUT2D eigenvalue weighted by Gasteiger charge is 2.12. The zero-order chi connectivity index (χ0) is 14.5. The summed E-state index contributed by atoms with van der Waals surface area (Å²) in [5, 5.41) is 5.94. The van der Waals surface area contributed by atoms with Gasteiger partial charge in [0.15, 0.2) is 0 Å². The van der Waals surface area contributed by atoms with Gasteiger partial charge in [-0.05, 0) is 18.4 Å². The van der Waals surface area contributed by atoms with Crippen molar-refractivity contribution >= 4 is 17.3 Å². The first-order valence-corrected chi connectivity index (χ1v) is 7.26. The molecule has 0 saturated carbocycles. The maximum Gasteiger partial charge on any atom is 0.306 e. The van der Waals surface area contributed by atoms with Crippen LogP contribution >= 0.6 is 11.3 Å². The van der Waals surface area contributed by atoms with Crippen LogP contribution in [0.25, 0.3) is 11.4 Å². The van der Waals surface area contributed by atoms with Gasteiger partial charge >= 0.3 is 5.97 Å². The Morgan fingerprint density at radius 2 is 2.40 bits per heavy atom. The van der Waals surface area contributed by atoms with E-state index in [1.807, 2.05) is 5.38 Å². The number of aryl methyl sites for hydroxylation is 1. The van der Waals surface area contributed by atoms with Crippen LogP contribution in [-0.4, -0.2) is 23.2 Å². The van der Waals surface area contributed by atoms with Crippen molar-refractivity contribution in [2.75, 3.05) is 7.11 Å². The molecule has 0 spiro atoms. The van der Waals surface area contributed by atoms with Crippen molar-refractivity contribution in [1.29, 1.82) is 0 Å². The predicted octanol–water partition coefficient (Wildman–Crippen LogP) is 2.92. The Bertz CT molecular complexity index is 574. The number of carbonyl (C=O) groups is 1. The van der Waals surface area contributed by atoms with Crippen molar-refractivity contribution in [3.05, 3.63) is 29.1 Å². The Labute approximate surface area is 122 Å². The second kappa shape index (κ2) is 6.65. The van der Waals surface area contributed by atoms with Crippen molar-refractivity contribution in [3.8, 4) is 11.4 Å². The Kier molecular flexibility index (Phi) is 4.89. The number of hydrogen-bond acceptors (Lipinski definition) is 6.